The molecule has 0 unspecified atom stereocenters. The molecule has 0 bridgehead atoms. The maximum absolute atomic E-state index is 11.8. The van der Waals surface area contributed by atoms with Crippen molar-refractivity contribution in [2.24, 2.45) is 0 Å². The second kappa shape index (κ2) is 5.55. The van der Waals surface area contributed by atoms with E-state index in [-0.39, 0.29) is 10.7 Å². The highest BCUT2D eigenvalue weighted by Gasteiger charge is 2.18. The highest BCUT2D eigenvalue weighted by atomic mass is 35.5. The Labute approximate surface area is 105 Å². The van der Waals surface area contributed by atoms with Crippen molar-refractivity contribution in [3.05, 3.63) is 29.0 Å². The minimum atomic E-state index is -0.180. The molecule has 0 atom stereocenters. The average molecular weight is 259 g/mol. The summed E-state index contributed by atoms with van der Waals surface area (Å²) in [6.07, 6.45) is 5.05. The fourth-order valence-electron chi connectivity index (χ4n) is 1.01. The largest absolute Gasteiger partial charge is 0.351 e. The molecule has 0 aromatic carbocycles. The van der Waals surface area contributed by atoms with E-state index in [2.05, 4.69) is 24.1 Å². The number of aromatic nitrogens is 1. The Morgan fingerprint density at radius 3 is 2.88 bits per heavy atom. The first-order valence-electron chi connectivity index (χ1n) is 4.89. The molecule has 16 heavy (non-hydrogen) atoms. The molecule has 88 valence electrons. The smallest absolute Gasteiger partial charge is 0.254 e. The van der Waals surface area contributed by atoms with Crippen LogP contribution >= 0.6 is 23.4 Å². The summed E-state index contributed by atoms with van der Waals surface area (Å²) in [5.74, 6) is -0.180. The van der Waals surface area contributed by atoms with Crippen molar-refractivity contribution in [2.75, 3.05) is 12.8 Å². The highest BCUT2D eigenvalue weighted by Crippen LogP contribution is 2.20. The molecule has 0 spiro atoms. The van der Waals surface area contributed by atoms with E-state index in [4.69, 9.17) is 11.6 Å². The average Bonchev–Trinajstić information content (AvgIpc) is 2.27. The zero-order valence-corrected chi connectivity index (χ0v) is 11.2. The summed E-state index contributed by atoms with van der Waals surface area (Å²) in [4.78, 5) is 15.7. The third kappa shape index (κ3) is 3.68. The van der Waals surface area contributed by atoms with Gasteiger partial charge in [-0.1, -0.05) is 11.6 Å². The summed E-state index contributed by atoms with van der Waals surface area (Å²) in [5.41, 5.74) is 0.418. The predicted octanol–water partition coefficient (Wildman–Crippen LogP) is 2.61. The van der Waals surface area contributed by atoms with Gasteiger partial charge >= 0.3 is 0 Å². The van der Waals surface area contributed by atoms with E-state index < -0.39 is 0 Å². The lowest BCUT2D eigenvalue weighted by atomic mass is 10.2. The number of thioether (sulfide) groups is 1. The van der Waals surface area contributed by atoms with Crippen LogP contribution in [-0.4, -0.2) is 28.4 Å². The molecule has 1 aromatic heterocycles. The van der Waals surface area contributed by atoms with Crippen LogP contribution in [0.25, 0.3) is 0 Å². The number of carbonyl (C=O) groups is 1. The summed E-state index contributed by atoms with van der Waals surface area (Å²) >= 11 is 7.60. The number of carbonyl (C=O) groups excluding carboxylic acids is 1. The lowest BCUT2D eigenvalue weighted by molar-refractivity contribution is 0.0950. The van der Waals surface area contributed by atoms with E-state index in [1.165, 1.54) is 6.20 Å². The second-order valence-corrected chi connectivity index (χ2v) is 5.92. The van der Waals surface area contributed by atoms with Gasteiger partial charge in [-0.25, -0.2) is 0 Å². The van der Waals surface area contributed by atoms with Crippen molar-refractivity contribution in [1.82, 2.24) is 10.3 Å². The summed E-state index contributed by atoms with van der Waals surface area (Å²) in [6.45, 7) is 4.74. The fraction of sp³-hybridized carbons (Fsp3) is 0.455. The molecule has 1 aromatic rings. The molecule has 3 nitrogen and oxygen atoms in total. The summed E-state index contributed by atoms with van der Waals surface area (Å²) in [7, 11) is 0. The molecule has 0 radical (unpaired) electrons. The Hall–Kier alpha value is -0.740. The van der Waals surface area contributed by atoms with E-state index in [1.54, 1.807) is 24.0 Å². The molecule has 0 aliphatic rings. The normalized spacial score (nSPS) is 11.2. The first-order chi connectivity index (χ1) is 7.46. The van der Waals surface area contributed by atoms with E-state index in [9.17, 15) is 4.79 Å². The Balaban J connectivity index is 2.64. The van der Waals surface area contributed by atoms with Gasteiger partial charge in [0.15, 0.2) is 0 Å². The van der Waals surface area contributed by atoms with Gasteiger partial charge in [-0.3, -0.25) is 9.78 Å². The SMILES string of the molecule is CSC(C)(C)CNC(=O)c1cnccc1Cl. The maximum atomic E-state index is 11.8. The molecule has 0 aliphatic carbocycles. The zero-order chi connectivity index (χ0) is 12.2. The van der Waals surface area contributed by atoms with Crippen LogP contribution in [0.2, 0.25) is 5.02 Å². The van der Waals surface area contributed by atoms with E-state index in [0.29, 0.717) is 17.1 Å². The van der Waals surface area contributed by atoms with Crippen molar-refractivity contribution < 1.29 is 4.79 Å². The maximum Gasteiger partial charge on any atom is 0.254 e. The van der Waals surface area contributed by atoms with Gasteiger partial charge in [0, 0.05) is 23.7 Å². The topological polar surface area (TPSA) is 42.0 Å². The second-order valence-electron chi connectivity index (χ2n) is 4.00. The number of pyridine rings is 1. The monoisotopic (exact) mass is 258 g/mol. The molecule has 5 heteroatoms. The van der Waals surface area contributed by atoms with Crippen molar-refractivity contribution >= 4 is 29.3 Å². The third-order valence-electron chi connectivity index (χ3n) is 2.24. The zero-order valence-electron chi connectivity index (χ0n) is 9.58. The number of halogens is 1. The first kappa shape index (κ1) is 13.3. The molecule has 1 rings (SSSR count). The van der Waals surface area contributed by atoms with Gasteiger partial charge in [0.25, 0.3) is 5.91 Å². The van der Waals surface area contributed by atoms with Gasteiger partial charge in [-0.2, -0.15) is 11.8 Å². The van der Waals surface area contributed by atoms with Crippen molar-refractivity contribution in [2.45, 2.75) is 18.6 Å². The van der Waals surface area contributed by atoms with Gasteiger partial charge < -0.3 is 5.32 Å². The molecule has 1 amide bonds. The number of rotatable bonds is 4. The lowest BCUT2D eigenvalue weighted by Crippen LogP contribution is -2.36. The third-order valence-corrected chi connectivity index (χ3v) is 3.82. The summed E-state index contributed by atoms with van der Waals surface area (Å²) in [6, 6.07) is 1.61. The Bertz CT molecular complexity index is 382. The molecule has 1 heterocycles. The number of hydrogen-bond donors (Lipinski definition) is 1. The molecule has 0 saturated heterocycles. The van der Waals surface area contributed by atoms with Crippen LogP contribution in [-0.2, 0) is 0 Å². The summed E-state index contributed by atoms with van der Waals surface area (Å²) < 4.78 is 0.0182. The van der Waals surface area contributed by atoms with E-state index in [1.807, 2.05) is 6.26 Å². The van der Waals surface area contributed by atoms with Gasteiger partial charge in [0.05, 0.1) is 10.6 Å². The van der Waals surface area contributed by atoms with Gasteiger partial charge in [-0.05, 0) is 26.2 Å². The highest BCUT2D eigenvalue weighted by molar-refractivity contribution is 7.99. The van der Waals surface area contributed by atoms with Gasteiger partial charge in [0.1, 0.15) is 0 Å². The molecule has 0 aliphatic heterocycles. The van der Waals surface area contributed by atoms with Crippen molar-refractivity contribution in [1.29, 1.82) is 0 Å². The fourth-order valence-corrected chi connectivity index (χ4v) is 1.41. The standard InChI is InChI=1S/C11H15ClN2OS/c1-11(2,16-3)7-14-10(15)8-6-13-5-4-9(8)12/h4-6H,7H2,1-3H3,(H,14,15). The minimum absolute atomic E-state index is 0.0182. The van der Waals surface area contributed by atoms with Crippen LogP contribution < -0.4 is 5.32 Å². The lowest BCUT2D eigenvalue weighted by Gasteiger charge is -2.22. The van der Waals surface area contributed by atoms with Crippen LogP contribution in [0.15, 0.2) is 18.5 Å². The Morgan fingerprint density at radius 1 is 1.62 bits per heavy atom. The van der Waals surface area contributed by atoms with Crippen LogP contribution in [0.4, 0.5) is 0 Å². The van der Waals surface area contributed by atoms with Crippen LogP contribution in [0.3, 0.4) is 0 Å². The predicted molar refractivity (Wildman–Crippen MR) is 69.2 cm³/mol. The summed E-state index contributed by atoms with van der Waals surface area (Å²) in [5, 5.41) is 3.27. The Morgan fingerprint density at radius 2 is 2.31 bits per heavy atom. The van der Waals surface area contributed by atoms with E-state index in [0.717, 1.165) is 0 Å². The van der Waals surface area contributed by atoms with Gasteiger partial charge in [-0.15, -0.1) is 0 Å². The molecule has 0 fully saturated rings. The van der Waals surface area contributed by atoms with Crippen molar-refractivity contribution in [3.8, 4) is 0 Å². The molecule has 1 N–H and O–H groups in total. The van der Waals surface area contributed by atoms with E-state index >= 15 is 0 Å². The number of hydrogen-bond acceptors (Lipinski definition) is 3. The van der Waals surface area contributed by atoms with Crippen molar-refractivity contribution in [3.63, 3.8) is 0 Å². The molecular formula is C11H15ClN2OS. The Kier molecular flexibility index (Phi) is 4.62. The number of nitrogens with one attached hydrogen (secondary N) is 1. The number of nitrogens with zero attached hydrogens (tertiary/aromatic N) is 1. The molecule has 0 saturated carbocycles. The molecular weight excluding hydrogens is 244 g/mol. The van der Waals surface area contributed by atoms with Crippen LogP contribution in [0, 0.1) is 0 Å². The van der Waals surface area contributed by atoms with Crippen LogP contribution in [0.5, 0.6) is 0 Å². The minimum Gasteiger partial charge on any atom is -0.351 e. The quantitative estimate of drug-likeness (QED) is 0.903. The first-order valence-corrected chi connectivity index (χ1v) is 6.49. The van der Waals surface area contributed by atoms with Gasteiger partial charge in [0.2, 0.25) is 0 Å². The van der Waals surface area contributed by atoms with Crippen LogP contribution in [0.1, 0.15) is 24.2 Å². The number of amides is 1.